The summed E-state index contributed by atoms with van der Waals surface area (Å²) in [5.74, 6) is -0.423. The van der Waals surface area contributed by atoms with E-state index in [1.54, 1.807) is 19.1 Å². The van der Waals surface area contributed by atoms with E-state index in [2.05, 4.69) is 0 Å². The molecule has 0 amide bonds. The van der Waals surface area contributed by atoms with Gasteiger partial charge in [-0.3, -0.25) is 0 Å². The molecule has 1 aromatic rings. The summed E-state index contributed by atoms with van der Waals surface area (Å²) in [7, 11) is -3.63. The number of rotatable bonds is 4. The second-order valence-electron chi connectivity index (χ2n) is 7.01. The average molecular weight is 381 g/mol. The minimum Gasteiger partial charge on any atom is -0.459 e. The van der Waals surface area contributed by atoms with Crippen LogP contribution in [0.1, 0.15) is 54.4 Å². The fourth-order valence-electron chi connectivity index (χ4n) is 3.49. The molecular weight excluding hydrogens is 354 g/mol. The lowest BCUT2D eigenvalue weighted by molar-refractivity contribution is 0.0266. The smallest absolute Gasteiger partial charge is 0.338 e. The molecule has 1 saturated heterocycles. The Balaban J connectivity index is 1.79. The van der Waals surface area contributed by atoms with E-state index in [9.17, 15) is 13.2 Å². The summed E-state index contributed by atoms with van der Waals surface area (Å²) in [5.41, 5.74) is 1.06. The standard InChI is InChI=1S/C19H27NO5S/c1-15-8-9-17(26(22,23)20-10-12-24-13-11-20)14-18(15)19(21)25-16-6-4-2-3-5-7-16/h8-9,14,16H,2-7,10-13H2,1H3. The van der Waals surface area contributed by atoms with Crippen LogP contribution in [0.2, 0.25) is 0 Å². The van der Waals surface area contributed by atoms with Crippen LogP contribution in [-0.4, -0.2) is 51.1 Å². The molecule has 1 aliphatic carbocycles. The van der Waals surface area contributed by atoms with Crippen LogP contribution >= 0.6 is 0 Å². The van der Waals surface area contributed by atoms with Crippen molar-refractivity contribution in [3.8, 4) is 0 Å². The van der Waals surface area contributed by atoms with Crippen LogP contribution in [-0.2, 0) is 19.5 Å². The molecular formula is C19H27NO5S. The first-order chi connectivity index (χ1) is 12.5. The predicted octanol–water partition coefficient (Wildman–Crippen LogP) is 2.90. The SMILES string of the molecule is Cc1ccc(S(=O)(=O)N2CCOCC2)cc1C(=O)OC1CCCCCC1. The average Bonchev–Trinajstić information content (AvgIpc) is 2.91. The van der Waals surface area contributed by atoms with Gasteiger partial charge < -0.3 is 9.47 Å². The van der Waals surface area contributed by atoms with Gasteiger partial charge in [0, 0.05) is 13.1 Å². The summed E-state index contributed by atoms with van der Waals surface area (Å²) in [5, 5.41) is 0. The molecule has 1 heterocycles. The van der Waals surface area contributed by atoms with Gasteiger partial charge in [0.1, 0.15) is 6.10 Å². The molecule has 1 aliphatic heterocycles. The molecule has 0 radical (unpaired) electrons. The molecule has 0 bridgehead atoms. The summed E-state index contributed by atoms with van der Waals surface area (Å²) in [4.78, 5) is 12.8. The van der Waals surface area contributed by atoms with Gasteiger partial charge >= 0.3 is 5.97 Å². The van der Waals surface area contributed by atoms with E-state index in [0.29, 0.717) is 31.9 Å². The Morgan fingerprint density at radius 2 is 1.77 bits per heavy atom. The van der Waals surface area contributed by atoms with Crippen molar-refractivity contribution in [3.05, 3.63) is 29.3 Å². The number of morpholine rings is 1. The largest absolute Gasteiger partial charge is 0.459 e. The molecule has 26 heavy (non-hydrogen) atoms. The molecule has 3 rings (SSSR count). The number of aryl methyl sites for hydroxylation is 1. The van der Waals surface area contributed by atoms with Crippen LogP contribution in [0.4, 0.5) is 0 Å². The number of esters is 1. The van der Waals surface area contributed by atoms with Crippen LogP contribution in [0.5, 0.6) is 0 Å². The van der Waals surface area contributed by atoms with E-state index in [1.165, 1.54) is 23.2 Å². The third-order valence-electron chi connectivity index (χ3n) is 5.11. The number of hydrogen-bond acceptors (Lipinski definition) is 5. The Kier molecular flexibility index (Phi) is 6.32. The van der Waals surface area contributed by atoms with Gasteiger partial charge in [0.25, 0.3) is 0 Å². The number of benzene rings is 1. The van der Waals surface area contributed by atoms with Crippen molar-refractivity contribution in [1.82, 2.24) is 4.31 Å². The second-order valence-corrected chi connectivity index (χ2v) is 8.95. The maximum Gasteiger partial charge on any atom is 0.338 e. The fourth-order valence-corrected chi connectivity index (χ4v) is 4.93. The Labute approximate surface area is 155 Å². The minimum atomic E-state index is -3.63. The number of carbonyl (C=O) groups is 1. The predicted molar refractivity (Wildman–Crippen MR) is 97.7 cm³/mol. The van der Waals surface area contributed by atoms with Crippen molar-refractivity contribution in [2.45, 2.75) is 56.4 Å². The highest BCUT2D eigenvalue weighted by Gasteiger charge is 2.28. The molecule has 0 N–H and O–H groups in total. The second kappa shape index (κ2) is 8.50. The van der Waals surface area contributed by atoms with Crippen molar-refractivity contribution >= 4 is 16.0 Å². The summed E-state index contributed by atoms with van der Waals surface area (Å²) >= 11 is 0. The van der Waals surface area contributed by atoms with Crippen LogP contribution in [0.25, 0.3) is 0 Å². The lowest BCUT2D eigenvalue weighted by Crippen LogP contribution is -2.40. The molecule has 144 valence electrons. The van der Waals surface area contributed by atoms with E-state index in [1.807, 2.05) is 0 Å². The zero-order chi connectivity index (χ0) is 18.6. The van der Waals surface area contributed by atoms with Crippen LogP contribution < -0.4 is 0 Å². The molecule has 0 atom stereocenters. The normalized spacial score (nSPS) is 20.5. The highest BCUT2D eigenvalue weighted by molar-refractivity contribution is 7.89. The van der Waals surface area contributed by atoms with E-state index in [-0.39, 0.29) is 11.0 Å². The molecule has 1 aromatic carbocycles. The monoisotopic (exact) mass is 381 g/mol. The molecule has 6 nitrogen and oxygen atoms in total. The lowest BCUT2D eigenvalue weighted by Gasteiger charge is -2.26. The van der Waals surface area contributed by atoms with Gasteiger partial charge in [0.15, 0.2) is 0 Å². The van der Waals surface area contributed by atoms with Gasteiger partial charge in [0.2, 0.25) is 10.0 Å². The zero-order valence-corrected chi connectivity index (χ0v) is 16.1. The van der Waals surface area contributed by atoms with Crippen molar-refractivity contribution in [3.63, 3.8) is 0 Å². The van der Waals surface area contributed by atoms with Gasteiger partial charge in [-0.25, -0.2) is 13.2 Å². The van der Waals surface area contributed by atoms with Crippen LogP contribution in [0.15, 0.2) is 23.1 Å². The minimum absolute atomic E-state index is 0.0658. The third kappa shape index (κ3) is 4.45. The van der Waals surface area contributed by atoms with E-state index in [0.717, 1.165) is 31.2 Å². The topological polar surface area (TPSA) is 72.9 Å². The number of sulfonamides is 1. The molecule has 0 spiro atoms. The maximum absolute atomic E-state index is 12.8. The van der Waals surface area contributed by atoms with E-state index in [4.69, 9.17) is 9.47 Å². The lowest BCUT2D eigenvalue weighted by atomic mass is 10.1. The van der Waals surface area contributed by atoms with Gasteiger partial charge in [-0.05, 0) is 50.3 Å². The third-order valence-corrected chi connectivity index (χ3v) is 7.01. The Bertz CT molecular complexity index is 732. The maximum atomic E-state index is 12.8. The van der Waals surface area contributed by atoms with E-state index < -0.39 is 16.0 Å². The Morgan fingerprint density at radius 1 is 1.12 bits per heavy atom. The van der Waals surface area contributed by atoms with Gasteiger partial charge in [-0.2, -0.15) is 4.31 Å². The number of carbonyl (C=O) groups excluding carboxylic acids is 1. The first-order valence-electron chi connectivity index (χ1n) is 9.38. The number of nitrogens with zero attached hydrogens (tertiary/aromatic N) is 1. The quantitative estimate of drug-likeness (QED) is 0.592. The number of ether oxygens (including phenoxy) is 2. The van der Waals surface area contributed by atoms with Gasteiger partial charge in [-0.15, -0.1) is 0 Å². The highest BCUT2D eigenvalue weighted by atomic mass is 32.2. The van der Waals surface area contributed by atoms with Crippen LogP contribution in [0, 0.1) is 6.92 Å². The summed E-state index contributed by atoms with van der Waals surface area (Å²) in [6.45, 7) is 3.24. The molecule has 0 aromatic heterocycles. The molecule has 1 saturated carbocycles. The van der Waals surface area contributed by atoms with E-state index >= 15 is 0 Å². The number of hydrogen-bond donors (Lipinski definition) is 0. The van der Waals surface area contributed by atoms with Crippen molar-refractivity contribution < 1.29 is 22.7 Å². The molecule has 2 aliphatic rings. The molecule has 2 fully saturated rings. The summed E-state index contributed by atoms with van der Waals surface area (Å²) in [6, 6.07) is 4.69. The zero-order valence-electron chi connectivity index (χ0n) is 15.3. The molecule has 0 unspecified atom stereocenters. The summed E-state index contributed by atoms with van der Waals surface area (Å²) in [6.07, 6.45) is 6.21. The first-order valence-corrected chi connectivity index (χ1v) is 10.8. The molecule has 7 heteroatoms. The van der Waals surface area contributed by atoms with Gasteiger partial charge in [0.05, 0.1) is 23.7 Å². The fraction of sp³-hybridized carbons (Fsp3) is 0.632. The van der Waals surface area contributed by atoms with Crippen molar-refractivity contribution in [2.75, 3.05) is 26.3 Å². The van der Waals surface area contributed by atoms with Crippen LogP contribution in [0.3, 0.4) is 0 Å². The van der Waals surface area contributed by atoms with Gasteiger partial charge in [-0.1, -0.05) is 18.9 Å². The van der Waals surface area contributed by atoms with Crippen molar-refractivity contribution in [2.24, 2.45) is 0 Å². The Hall–Kier alpha value is -1.44. The van der Waals surface area contributed by atoms with Crippen molar-refractivity contribution in [1.29, 1.82) is 0 Å². The summed E-state index contributed by atoms with van der Waals surface area (Å²) < 4.78 is 38.0. The Morgan fingerprint density at radius 3 is 2.42 bits per heavy atom. The first kappa shape index (κ1) is 19.3. The highest BCUT2D eigenvalue weighted by Crippen LogP contribution is 2.24.